The molecule has 1 aliphatic heterocycles. The van der Waals surface area contributed by atoms with Gasteiger partial charge in [0.15, 0.2) is 0 Å². The fourth-order valence-electron chi connectivity index (χ4n) is 4.44. The molecule has 1 aliphatic rings. The molecule has 0 unspecified atom stereocenters. The number of anilines is 1. The van der Waals surface area contributed by atoms with Crippen LogP contribution in [0.1, 0.15) is 29.2 Å². The van der Waals surface area contributed by atoms with Crippen molar-refractivity contribution in [1.82, 2.24) is 14.5 Å². The molecule has 0 bridgehead atoms. The van der Waals surface area contributed by atoms with Gasteiger partial charge >= 0.3 is 5.69 Å². The van der Waals surface area contributed by atoms with Crippen molar-refractivity contribution in [2.24, 2.45) is 0 Å². The average Bonchev–Trinajstić information content (AvgIpc) is 3.20. The van der Waals surface area contributed by atoms with Gasteiger partial charge in [0, 0.05) is 30.4 Å². The van der Waals surface area contributed by atoms with E-state index >= 15 is 0 Å². The lowest BCUT2D eigenvalue weighted by atomic mass is 10.0. The molecule has 9 heteroatoms. The minimum absolute atomic E-state index is 0.0179. The standard InChI is InChI=1S/C25H24N4O4S/c30-24(18-10-12-21(13-11-18)34(32,33)27-19-6-2-1-3-7-19)28-16-14-20(15-17-28)29-23-9-5-4-8-22(23)26-25(29)31/h1-13,20,27H,14-17H2,(H,26,31). The number of piperidine rings is 1. The van der Waals surface area contributed by atoms with Gasteiger partial charge in [-0.1, -0.05) is 30.3 Å². The molecule has 3 aromatic carbocycles. The number of carbonyl (C=O) groups is 1. The van der Waals surface area contributed by atoms with Gasteiger partial charge in [-0.2, -0.15) is 0 Å². The predicted molar refractivity (Wildman–Crippen MR) is 130 cm³/mol. The maximum Gasteiger partial charge on any atom is 0.326 e. The number of H-pyrrole nitrogens is 1. The summed E-state index contributed by atoms with van der Waals surface area (Å²) in [6, 6.07) is 22.2. The third kappa shape index (κ3) is 4.22. The van der Waals surface area contributed by atoms with Crippen LogP contribution >= 0.6 is 0 Å². The second kappa shape index (κ2) is 8.83. The van der Waals surface area contributed by atoms with Gasteiger partial charge in [-0.15, -0.1) is 0 Å². The summed E-state index contributed by atoms with van der Waals surface area (Å²) >= 11 is 0. The Labute approximate surface area is 196 Å². The molecular weight excluding hydrogens is 452 g/mol. The Hall–Kier alpha value is -3.85. The Morgan fingerprint density at radius 3 is 2.24 bits per heavy atom. The molecule has 4 aromatic rings. The highest BCUT2D eigenvalue weighted by Gasteiger charge is 2.27. The minimum atomic E-state index is -3.75. The van der Waals surface area contributed by atoms with E-state index in [4.69, 9.17) is 0 Å². The number of rotatable bonds is 5. The number of nitrogens with one attached hydrogen (secondary N) is 2. The number of fused-ring (bicyclic) bond motifs is 1. The summed E-state index contributed by atoms with van der Waals surface area (Å²) in [4.78, 5) is 30.2. The van der Waals surface area contributed by atoms with Crippen LogP contribution in [0.15, 0.2) is 88.6 Å². The van der Waals surface area contributed by atoms with Crippen LogP contribution in [0.4, 0.5) is 5.69 Å². The summed E-state index contributed by atoms with van der Waals surface area (Å²) in [7, 11) is -3.75. The molecule has 1 amide bonds. The number of hydrogen-bond acceptors (Lipinski definition) is 4. The van der Waals surface area contributed by atoms with E-state index in [2.05, 4.69) is 9.71 Å². The van der Waals surface area contributed by atoms with E-state index in [1.807, 2.05) is 24.3 Å². The molecule has 0 aliphatic carbocycles. The quantitative estimate of drug-likeness (QED) is 0.459. The summed E-state index contributed by atoms with van der Waals surface area (Å²) < 4.78 is 29.6. The first-order chi connectivity index (χ1) is 16.4. The zero-order valence-corrected chi connectivity index (χ0v) is 19.2. The first kappa shape index (κ1) is 22.0. The van der Waals surface area contributed by atoms with Crippen LogP contribution in [0.2, 0.25) is 0 Å². The Morgan fingerprint density at radius 2 is 1.53 bits per heavy atom. The maximum atomic E-state index is 13.0. The normalized spacial score (nSPS) is 14.9. The summed E-state index contributed by atoms with van der Waals surface area (Å²) in [5.41, 5.74) is 2.45. The Bertz CT molecular complexity index is 1480. The molecule has 0 saturated carbocycles. The van der Waals surface area contributed by atoms with E-state index in [9.17, 15) is 18.0 Å². The number of sulfonamides is 1. The lowest BCUT2D eigenvalue weighted by Crippen LogP contribution is -2.40. The molecule has 174 valence electrons. The molecule has 0 radical (unpaired) electrons. The first-order valence-electron chi connectivity index (χ1n) is 11.1. The zero-order chi connectivity index (χ0) is 23.7. The predicted octanol–water partition coefficient (Wildman–Crippen LogP) is 3.61. The molecule has 34 heavy (non-hydrogen) atoms. The van der Waals surface area contributed by atoms with Crippen LogP contribution in [0.25, 0.3) is 11.0 Å². The minimum Gasteiger partial charge on any atom is -0.338 e. The number of likely N-dealkylation sites (tertiary alicyclic amines) is 1. The molecule has 1 saturated heterocycles. The van der Waals surface area contributed by atoms with Crippen LogP contribution < -0.4 is 10.4 Å². The van der Waals surface area contributed by atoms with Crippen LogP contribution in [0.3, 0.4) is 0 Å². The number of nitrogens with zero attached hydrogens (tertiary/aromatic N) is 2. The number of aromatic nitrogens is 2. The van der Waals surface area contributed by atoms with E-state index in [1.165, 1.54) is 24.3 Å². The highest BCUT2D eigenvalue weighted by Crippen LogP contribution is 2.26. The van der Waals surface area contributed by atoms with Crippen LogP contribution in [0, 0.1) is 0 Å². The number of amides is 1. The molecular formula is C25H24N4O4S. The summed E-state index contributed by atoms with van der Waals surface area (Å²) in [6.07, 6.45) is 1.34. The first-order valence-corrected chi connectivity index (χ1v) is 12.6. The van der Waals surface area contributed by atoms with Crippen molar-refractivity contribution in [2.75, 3.05) is 17.8 Å². The van der Waals surface area contributed by atoms with Crippen molar-refractivity contribution in [2.45, 2.75) is 23.8 Å². The fraction of sp³-hybridized carbons (Fsp3) is 0.200. The van der Waals surface area contributed by atoms with Crippen molar-refractivity contribution in [1.29, 1.82) is 0 Å². The van der Waals surface area contributed by atoms with Crippen molar-refractivity contribution in [3.8, 4) is 0 Å². The van der Waals surface area contributed by atoms with E-state index in [-0.39, 0.29) is 22.5 Å². The summed E-state index contributed by atoms with van der Waals surface area (Å²) in [5.74, 6) is -0.148. The van der Waals surface area contributed by atoms with Gasteiger partial charge in [-0.25, -0.2) is 13.2 Å². The average molecular weight is 477 g/mol. The zero-order valence-electron chi connectivity index (χ0n) is 18.3. The van der Waals surface area contributed by atoms with Crippen LogP contribution in [0.5, 0.6) is 0 Å². The lowest BCUT2D eigenvalue weighted by Gasteiger charge is -2.32. The van der Waals surface area contributed by atoms with E-state index in [1.54, 1.807) is 39.8 Å². The topological polar surface area (TPSA) is 104 Å². The Morgan fingerprint density at radius 1 is 0.882 bits per heavy atom. The SMILES string of the molecule is O=C(c1ccc(S(=O)(=O)Nc2ccccc2)cc1)N1CCC(n2c(=O)[nH]c3ccccc32)CC1. The van der Waals surface area contributed by atoms with Crippen molar-refractivity contribution >= 4 is 32.7 Å². The van der Waals surface area contributed by atoms with Crippen molar-refractivity contribution < 1.29 is 13.2 Å². The van der Waals surface area contributed by atoms with Gasteiger partial charge in [0.05, 0.1) is 15.9 Å². The van der Waals surface area contributed by atoms with E-state index in [0.29, 0.717) is 37.2 Å². The van der Waals surface area contributed by atoms with Crippen LogP contribution in [-0.2, 0) is 10.0 Å². The van der Waals surface area contributed by atoms with Gasteiger partial charge < -0.3 is 9.88 Å². The number of benzene rings is 3. The Balaban J connectivity index is 1.26. The third-order valence-corrected chi connectivity index (χ3v) is 7.58. The Kier molecular flexibility index (Phi) is 5.70. The van der Waals surface area contributed by atoms with E-state index in [0.717, 1.165) is 11.0 Å². The van der Waals surface area contributed by atoms with Gasteiger partial charge in [0.25, 0.3) is 15.9 Å². The monoisotopic (exact) mass is 476 g/mol. The lowest BCUT2D eigenvalue weighted by molar-refractivity contribution is 0.0695. The van der Waals surface area contributed by atoms with Gasteiger partial charge in [0.1, 0.15) is 0 Å². The molecule has 8 nitrogen and oxygen atoms in total. The molecule has 1 fully saturated rings. The number of carbonyl (C=O) groups excluding carboxylic acids is 1. The second-order valence-electron chi connectivity index (χ2n) is 8.34. The van der Waals surface area contributed by atoms with Gasteiger partial charge in [-0.05, 0) is 61.4 Å². The van der Waals surface area contributed by atoms with Gasteiger partial charge in [-0.3, -0.25) is 14.1 Å². The molecule has 2 N–H and O–H groups in total. The summed E-state index contributed by atoms with van der Waals surface area (Å²) in [5, 5.41) is 0. The second-order valence-corrected chi connectivity index (χ2v) is 10.0. The van der Waals surface area contributed by atoms with E-state index < -0.39 is 10.0 Å². The number of imidazole rings is 1. The maximum absolute atomic E-state index is 13.0. The van der Waals surface area contributed by atoms with Gasteiger partial charge in [0.2, 0.25) is 0 Å². The molecule has 5 rings (SSSR count). The van der Waals surface area contributed by atoms with Crippen molar-refractivity contribution in [3.05, 3.63) is 94.9 Å². The highest BCUT2D eigenvalue weighted by molar-refractivity contribution is 7.92. The summed E-state index contributed by atoms with van der Waals surface area (Å²) in [6.45, 7) is 1.04. The van der Waals surface area contributed by atoms with Crippen LogP contribution in [-0.4, -0.2) is 41.9 Å². The number of hydrogen-bond donors (Lipinski definition) is 2. The molecule has 0 spiro atoms. The smallest absolute Gasteiger partial charge is 0.326 e. The molecule has 2 heterocycles. The molecule has 0 atom stereocenters. The number of aromatic amines is 1. The highest BCUT2D eigenvalue weighted by atomic mass is 32.2. The van der Waals surface area contributed by atoms with Crippen molar-refractivity contribution in [3.63, 3.8) is 0 Å². The molecule has 1 aromatic heterocycles. The fourth-order valence-corrected chi connectivity index (χ4v) is 5.50. The number of para-hydroxylation sites is 3. The largest absolute Gasteiger partial charge is 0.338 e. The third-order valence-electron chi connectivity index (χ3n) is 6.18.